The molecule has 0 aromatic heterocycles. The van der Waals surface area contributed by atoms with E-state index in [4.69, 9.17) is 10.5 Å². The first-order chi connectivity index (χ1) is 9.08. The summed E-state index contributed by atoms with van der Waals surface area (Å²) in [6, 6.07) is 4.26. The number of methoxy groups -OCH3 is 1. The van der Waals surface area contributed by atoms with E-state index in [1.165, 1.54) is 25.3 Å². The minimum Gasteiger partial charge on any atom is -0.497 e. The Hall–Kier alpha value is -1.62. The molecule has 0 radical (unpaired) electrons. The predicted molar refractivity (Wildman–Crippen MR) is 71.5 cm³/mol. The lowest BCUT2D eigenvalue weighted by Crippen LogP contribution is -2.40. The number of carbonyl (C=O) groups is 1. The van der Waals surface area contributed by atoms with Gasteiger partial charge in [-0.2, -0.15) is 0 Å². The second-order valence-corrected chi connectivity index (χ2v) is 5.13. The van der Waals surface area contributed by atoms with Crippen molar-refractivity contribution in [3.63, 3.8) is 0 Å². The Morgan fingerprint density at radius 1 is 1.53 bits per heavy atom. The molecule has 1 aliphatic carbocycles. The summed E-state index contributed by atoms with van der Waals surface area (Å²) >= 11 is 0. The van der Waals surface area contributed by atoms with Crippen LogP contribution in [0.2, 0.25) is 0 Å². The fourth-order valence-electron chi connectivity index (χ4n) is 2.39. The van der Waals surface area contributed by atoms with E-state index >= 15 is 0 Å². The normalized spacial score (nSPS) is 16.6. The molecule has 1 fully saturated rings. The van der Waals surface area contributed by atoms with Crippen LogP contribution in [0.25, 0.3) is 0 Å². The maximum absolute atomic E-state index is 13.6. The number of hydrogen-bond acceptors (Lipinski definition) is 3. The van der Waals surface area contributed by atoms with Gasteiger partial charge < -0.3 is 15.8 Å². The Morgan fingerprint density at radius 2 is 2.26 bits per heavy atom. The summed E-state index contributed by atoms with van der Waals surface area (Å²) in [6.07, 6.45) is 3.40. The minimum atomic E-state index is -0.468. The fraction of sp³-hybridized carbons (Fsp3) is 0.500. The summed E-state index contributed by atoms with van der Waals surface area (Å²) in [5, 5.41) is 2.59. The average Bonchev–Trinajstić information content (AvgIpc) is 2.36. The van der Waals surface area contributed by atoms with Crippen LogP contribution in [-0.4, -0.2) is 19.6 Å². The Balaban J connectivity index is 2.02. The number of nitrogens with two attached hydrogens (primary N) is 1. The van der Waals surface area contributed by atoms with Gasteiger partial charge in [0.15, 0.2) is 0 Å². The molecule has 19 heavy (non-hydrogen) atoms. The number of ether oxygens (including phenoxy) is 1. The second-order valence-electron chi connectivity index (χ2n) is 5.13. The second kappa shape index (κ2) is 5.57. The molecule has 0 spiro atoms. The number of hydrogen-bond donors (Lipinski definition) is 2. The van der Waals surface area contributed by atoms with E-state index in [2.05, 4.69) is 5.32 Å². The highest BCUT2D eigenvalue weighted by molar-refractivity contribution is 5.91. The minimum absolute atomic E-state index is 0.0839. The zero-order chi connectivity index (χ0) is 13.9. The number of carbonyl (C=O) groups excluding carboxylic acids is 1. The molecule has 0 aliphatic heterocycles. The van der Waals surface area contributed by atoms with Gasteiger partial charge in [-0.1, -0.05) is 6.42 Å². The summed E-state index contributed by atoms with van der Waals surface area (Å²) in [4.78, 5) is 12.0. The van der Waals surface area contributed by atoms with Crippen molar-refractivity contribution in [3.05, 3.63) is 24.0 Å². The number of nitrogens with one attached hydrogen (secondary N) is 1. The largest absolute Gasteiger partial charge is 0.497 e. The highest BCUT2D eigenvalue weighted by Crippen LogP contribution is 2.43. The van der Waals surface area contributed by atoms with E-state index in [1.54, 1.807) is 0 Å². The summed E-state index contributed by atoms with van der Waals surface area (Å²) in [5.74, 6) is -0.157. The third kappa shape index (κ3) is 3.04. The van der Waals surface area contributed by atoms with Crippen molar-refractivity contribution < 1.29 is 13.9 Å². The quantitative estimate of drug-likeness (QED) is 0.859. The van der Waals surface area contributed by atoms with E-state index in [9.17, 15) is 9.18 Å². The molecule has 4 nitrogen and oxygen atoms in total. The van der Waals surface area contributed by atoms with Crippen LogP contribution in [0.3, 0.4) is 0 Å². The average molecular weight is 266 g/mol. The maximum atomic E-state index is 13.6. The Bertz CT molecular complexity index is 467. The molecule has 5 heteroatoms. The highest BCUT2D eigenvalue weighted by atomic mass is 19.1. The Morgan fingerprint density at radius 3 is 2.79 bits per heavy atom. The zero-order valence-corrected chi connectivity index (χ0v) is 11.0. The molecule has 0 unspecified atom stereocenters. The molecule has 2 rings (SSSR count). The lowest BCUT2D eigenvalue weighted by atomic mass is 9.66. The molecule has 1 aromatic rings. The lowest BCUT2D eigenvalue weighted by Gasteiger charge is -2.40. The Kier molecular flexibility index (Phi) is 4.04. The third-order valence-corrected chi connectivity index (χ3v) is 3.83. The number of halogens is 1. The summed E-state index contributed by atoms with van der Waals surface area (Å²) in [6.45, 7) is 0.501. The van der Waals surface area contributed by atoms with Crippen LogP contribution in [0.4, 0.5) is 10.1 Å². The van der Waals surface area contributed by atoms with Crippen LogP contribution < -0.4 is 15.8 Å². The van der Waals surface area contributed by atoms with Crippen LogP contribution in [0, 0.1) is 11.2 Å². The first kappa shape index (κ1) is 13.8. The molecule has 0 saturated heterocycles. The third-order valence-electron chi connectivity index (χ3n) is 3.83. The molecule has 1 amide bonds. The van der Waals surface area contributed by atoms with Crippen molar-refractivity contribution in [1.29, 1.82) is 0 Å². The predicted octanol–water partition coefficient (Wildman–Crippen LogP) is 2.29. The molecule has 1 aliphatic rings. The number of benzene rings is 1. The van der Waals surface area contributed by atoms with Gasteiger partial charge in [-0.05, 0) is 36.9 Å². The van der Waals surface area contributed by atoms with E-state index in [-0.39, 0.29) is 17.0 Å². The fourth-order valence-corrected chi connectivity index (χ4v) is 2.39. The first-order valence-electron chi connectivity index (χ1n) is 6.42. The standard InChI is InChI=1S/C14H19FN2O2/c1-19-10-3-4-11(15)12(7-10)17-13(18)8-14(9-16)5-2-6-14/h3-4,7H,2,5-6,8-9,16H2,1H3,(H,17,18). The Labute approximate surface area is 112 Å². The SMILES string of the molecule is COc1ccc(F)c(NC(=O)CC2(CN)CCC2)c1. The molecular formula is C14H19FN2O2. The van der Waals surface area contributed by atoms with Crippen LogP contribution in [0.15, 0.2) is 18.2 Å². The van der Waals surface area contributed by atoms with Gasteiger partial charge in [0.25, 0.3) is 0 Å². The number of anilines is 1. The van der Waals surface area contributed by atoms with Gasteiger partial charge in [-0.15, -0.1) is 0 Å². The van der Waals surface area contributed by atoms with Gasteiger partial charge in [-0.25, -0.2) is 4.39 Å². The number of rotatable bonds is 5. The molecule has 0 heterocycles. The summed E-state index contributed by atoms with van der Waals surface area (Å²) in [5.41, 5.74) is 5.78. The lowest BCUT2D eigenvalue weighted by molar-refractivity contribution is -0.119. The van der Waals surface area contributed by atoms with E-state index in [1.807, 2.05) is 0 Å². The van der Waals surface area contributed by atoms with Gasteiger partial charge in [0.05, 0.1) is 12.8 Å². The van der Waals surface area contributed by atoms with Crippen LogP contribution in [0.1, 0.15) is 25.7 Å². The van der Waals surface area contributed by atoms with Gasteiger partial charge >= 0.3 is 0 Å². The molecular weight excluding hydrogens is 247 g/mol. The molecule has 3 N–H and O–H groups in total. The first-order valence-corrected chi connectivity index (χ1v) is 6.42. The molecule has 1 aromatic carbocycles. The van der Waals surface area contributed by atoms with E-state index in [0.29, 0.717) is 18.7 Å². The smallest absolute Gasteiger partial charge is 0.225 e. The highest BCUT2D eigenvalue weighted by Gasteiger charge is 2.37. The topological polar surface area (TPSA) is 64.3 Å². The van der Waals surface area contributed by atoms with Gasteiger partial charge in [-0.3, -0.25) is 4.79 Å². The molecule has 0 bridgehead atoms. The van der Waals surface area contributed by atoms with Gasteiger partial charge in [0.2, 0.25) is 5.91 Å². The number of amides is 1. The van der Waals surface area contributed by atoms with Crippen molar-refractivity contribution in [2.45, 2.75) is 25.7 Å². The molecule has 104 valence electrons. The van der Waals surface area contributed by atoms with Crippen molar-refractivity contribution in [3.8, 4) is 5.75 Å². The van der Waals surface area contributed by atoms with Crippen LogP contribution in [0.5, 0.6) is 5.75 Å². The van der Waals surface area contributed by atoms with Gasteiger partial charge in [0.1, 0.15) is 11.6 Å². The molecule has 0 atom stereocenters. The molecule has 1 saturated carbocycles. The summed E-state index contributed by atoms with van der Waals surface area (Å²) < 4.78 is 18.6. The maximum Gasteiger partial charge on any atom is 0.225 e. The zero-order valence-electron chi connectivity index (χ0n) is 11.0. The van der Waals surface area contributed by atoms with Crippen molar-refractivity contribution in [2.75, 3.05) is 19.0 Å². The van der Waals surface area contributed by atoms with Crippen molar-refractivity contribution in [1.82, 2.24) is 0 Å². The van der Waals surface area contributed by atoms with E-state index < -0.39 is 5.82 Å². The van der Waals surface area contributed by atoms with Crippen molar-refractivity contribution in [2.24, 2.45) is 11.1 Å². The van der Waals surface area contributed by atoms with Crippen LogP contribution in [-0.2, 0) is 4.79 Å². The summed E-state index contributed by atoms with van der Waals surface area (Å²) in [7, 11) is 1.50. The van der Waals surface area contributed by atoms with Crippen molar-refractivity contribution >= 4 is 11.6 Å². The van der Waals surface area contributed by atoms with E-state index in [0.717, 1.165) is 19.3 Å². The van der Waals surface area contributed by atoms with Gasteiger partial charge in [0, 0.05) is 12.5 Å². The van der Waals surface area contributed by atoms with Crippen LogP contribution >= 0.6 is 0 Å². The monoisotopic (exact) mass is 266 g/mol.